The van der Waals surface area contributed by atoms with Crippen molar-refractivity contribution in [1.82, 2.24) is 4.98 Å². The number of thiazole rings is 1. The molecule has 1 rings (SSSR count). The molecule has 0 saturated heterocycles. The van der Waals surface area contributed by atoms with E-state index in [1.165, 1.54) is 5.01 Å². The van der Waals surface area contributed by atoms with Gasteiger partial charge in [-0.05, 0) is 12.3 Å². The van der Waals surface area contributed by atoms with E-state index in [0.29, 0.717) is 11.8 Å². The number of aryl methyl sites for hydroxylation is 1. The lowest BCUT2D eigenvalue weighted by atomic mass is 10.2. The number of alkyl halides is 1. The van der Waals surface area contributed by atoms with Crippen LogP contribution in [-0.4, -0.2) is 18.2 Å². The van der Waals surface area contributed by atoms with Crippen LogP contribution in [-0.2, 0) is 17.0 Å². The highest BCUT2D eigenvalue weighted by atomic mass is 35.5. The third-order valence-electron chi connectivity index (χ3n) is 1.87. The topological polar surface area (TPSA) is 22.1 Å². The van der Waals surface area contributed by atoms with Gasteiger partial charge in [-0.2, -0.15) is 0 Å². The van der Waals surface area contributed by atoms with Crippen LogP contribution >= 0.6 is 22.9 Å². The van der Waals surface area contributed by atoms with E-state index in [1.807, 2.05) is 5.38 Å². The number of nitrogens with zero attached hydrogens (tertiary/aromatic N) is 1. The summed E-state index contributed by atoms with van der Waals surface area (Å²) in [4.78, 5) is 4.39. The smallest absolute Gasteiger partial charge is 0.0929 e. The lowest BCUT2D eigenvalue weighted by molar-refractivity contribution is 0.108. The summed E-state index contributed by atoms with van der Waals surface area (Å²) in [6, 6.07) is 0. The van der Waals surface area contributed by atoms with Crippen LogP contribution in [0.15, 0.2) is 5.38 Å². The van der Waals surface area contributed by atoms with E-state index in [4.69, 9.17) is 16.3 Å². The largest absolute Gasteiger partial charge is 0.381 e. The highest BCUT2D eigenvalue weighted by Crippen LogP contribution is 2.13. The van der Waals surface area contributed by atoms with Gasteiger partial charge in [0.2, 0.25) is 0 Å². The minimum absolute atomic E-state index is 0.514. The summed E-state index contributed by atoms with van der Waals surface area (Å²) in [6.07, 6.45) is 2.04. The average molecular weight is 248 g/mol. The van der Waals surface area contributed by atoms with Gasteiger partial charge in [-0.15, -0.1) is 22.9 Å². The summed E-state index contributed by atoms with van der Waals surface area (Å²) in [7, 11) is 0. The molecular weight excluding hydrogens is 230 g/mol. The molecule has 86 valence electrons. The maximum Gasteiger partial charge on any atom is 0.0929 e. The molecule has 1 heterocycles. The van der Waals surface area contributed by atoms with Crippen molar-refractivity contribution in [3.63, 3.8) is 0 Å². The Morgan fingerprint density at radius 3 is 2.93 bits per heavy atom. The predicted octanol–water partition coefficient (Wildman–Crippen LogP) is 3.49. The van der Waals surface area contributed by atoms with Gasteiger partial charge in [-0.1, -0.05) is 13.8 Å². The third kappa shape index (κ3) is 5.50. The van der Waals surface area contributed by atoms with Crippen LogP contribution in [0.2, 0.25) is 0 Å². The van der Waals surface area contributed by atoms with Crippen LogP contribution < -0.4 is 0 Å². The maximum absolute atomic E-state index is 5.68. The van der Waals surface area contributed by atoms with E-state index in [1.54, 1.807) is 11.3 Å². The molecule has 0 unspecified atom stereocenters. The lowest BCUT2D eigenvalue weighted by Crippen LogP contribution is -2.03. The predicted molar refractivity (Wildman–Crippen MR) is 65.6 cm³/mol. The van der Waals surface area contributed by atoms with Crippen LogP contribution in [0.25, 0.3) is 0 Å². The van der Waals surface area contributed by atoms with Crippen molar-refractivity contribution in [2.24, 2.45) is 5.92 Å². The van der Waals surface area contributed by atoms with Gasteiger partial charge in [-0.25, -0.2) is 4.98 Å². The fourth-order valence-corrected chi connectivity index (χ4v) is 2.24. The van der Waals surface area contributed by atoms with Gasteiger partial charge in [0.15, 0.2) is 0 Å². The zero-order chi connectivity index (χ0) is 11.1. The molecule has 0 aliphatic carbocycles. The number of hydrogen-bond acceptors (Lipinski definition) is 3. The number of hydrogen-bond donors (Lipinski definition) is 0. The Morgan fingerprint density at radius 1 is 1.53 bits per heavy atom. The van der Waals surface area contributed by atoms with Crippen LogP contribution in [0.4, 0.5) is 0 Å². The van der Waals surface area contributed by atoms with Crippen LogP contribution in [0.5, 0.6) is 0 Å². The minimum Gasteiger partial charge on any atom is -0.381 e. The van der Waals surface area contributed by atoms with Gasteiger partial charge in [0, 0.05) is 25.0 Å². The van der Waals surface area contributed by atoms with Gasteiger partial charge in [0.1, 0.15) is 0 Å². The molecule has 2 nitrogen and oxygen atoms in total. The Balaban J connectivity index is 2.09. The van der Waals surface area contributed by atoms with Crippen molar-refractivity contribution in [3.05, 3.63) is 16.1 Å². The van der Waals surface area contributed by atoms with Crippen molar-refractivity contribution in [3.8, 4) is 0 Å². The summed E-state index contributed by atoms with van der Waals surface area (Å²) in [5.41, 5.74) is 0.986. The van der Waals surface area contributed by atoms with Crippen molar-refractivity contribution in [2.75, 3.05) is 13.2 Å². The molecule has 0 radical (unpaired) electrons. The standard InChI is InChI=1S/C11H18ClNOS/c1-9(2)7-14-5-3-4-11-13-10(6-12)8-15-11/h8-9H,3-7H2,1-2H3. The number of aromatic nitrogens is 1. The number of halogens is 1. The molecule has 1 aromatic rings. The molecule has 4 heteroatoms. The van der Waals surface area contributed by atoms with Gasteiger partial charge >= 0.3 is 0 Å². The van der Waals surface area contributed by atoms with Gasteiger partial charge in [0.05, 0.1) is 16.6 Å². The fourth-order valence-electron chi connectivity index (χ4n) is 1.17. The van der Waals surface area contributed by atoms with Crippen LogP contribution in [0.3, 0.4) is 0 Å². The second-order valence-corrected chi connectivity index (χ2v) is 5.15. The molecule has 1 aromatic heterocycles. The summed E-state index contributed by atoms with van der Waals surface area (Å²) in [6.45, 7) is 6.00. The molecule has 0 bridgehead atoms. The fraction of sp³-hybridized carbons (Fsp3) is 0.727. The van der Waals surface area contributed by atoms with E-state index in [0.717, 1.165) is 31.7 Å². The molecule has 0 atom stereocenters. The Morgan fingerprint density at radius 2 is 2.33 bits per heavy atom. The molecule has 0 aromatic carbocycles. The van der Waals surface area contributed by atoms with E-state index >= 15 is 0 Å². The van der Waals surface area contributed by atoms with Crippen LogP contribution in [0.1, 0.15) is 31.0 Å². The molecule has 0 fully saturated rings. The van der Waals surface area contributed by atoms with Crippen molar-refractivity contribution in [2.45, 2.75) is 32.6 Å². The zero-order valence-electron chi connectivity index (χ0n) is 9.33. The first-order chi connectivity index (χ1) is 7.22. The normalized spacial score (nSPS) is 11.2. The molecule has 0 aliphatic heterocycles. The highest BCUT2D eigenvalue weighted by Gasteiger charge is 2.01. The second-order valence-electron chi connectivity index (χ2n) is 3.94. The first-order valence-corrected chi connectivity index (χ1v) is 6.70. The monoisotopic (exact) mass is 247 g/mol. The average Bonchev–Trinajstić information content (AvgIpc) is 2.65. The number of ether oxygens (including phenoxy) is 1. The summed E-state index contributed by atoms with van der Waals surface area (Å²) in [5.74, 6) is 1.13. The van der Waals surface area contributed by atoms with E-state index < -0.39 is 0 Å². The molecule has 0 saturated carbocycles. The molecule has 0 N–H and O–H groups in total. The first-order valence-electron chi connectivity index (χ1n) is 5.29. The second kappa shape index (κ2) is 7.20. The SMILES string of the molecule is CC(C)COCCCc1nc(CCl)cs1. The Bertz CT molecular complexity index is 275. The molecular formula is C11H18ClNOS. The molecule has 0 spiro atoms. The van der Waals surface area contributed by atoms with E-state index in [9.17, 15) is 0 Å². The highest BCUT2D eigenvalue weighted by molar-refractivity contribution is 7.09. The Labute approximate surface area is 101 Å². The lowest BCUT2D eigenvalue weighted by Gasteiger charge is -2.05. The molecule has 0 aliphatic rings. The summed E-state index contributed by atoms with van der Waals surface area (Å²) >= 11 is 7.37. The van der Waals surface area contributed by atoms with Gasteiger partial charge < -0.3 is 4.74 Å². The Kier molecular flexibility index (Phi) is 6.22. The maximum atomic E-state index is 5.68. The van der Waals surface area contributed by atoms with Crippen molar-refractivity contribution < 1.29 is 4.74 Å². The first kappa shape index (κ1) is 12.9. The van der Waals surface area contributed by atoms with Gasteiger partial charge in [0.25, 0.3) is 0 Å². The molecule has 15 heavy (non-hydrogen) atoms. The van der Waals surface area contributed by atoms with E-state index in [2.05, 4.69) is 18.8 Å². The minimum atomic E-state index is 0.514. The van der Waals surface area contributed by atoms with Crippen molar-refractivity contribution in [1.29, 1.82) is 0 Å². The third-order valence-corrected chi connectivity index (χ3v) is 3.10. The number of rotatable bonds is 7. The quantitative estimate of drug-likeness (QED) is 0.544. The summed E-state index contributed by atoms with van der Waals surface area (Å²) < 4.78 is 5.50. The van der Waals surface area contributed by atoms with Crippen LogP contribution in [0, 0.1) is 5.92 Å². The zero-order valence-corrected chi connectivity index (χ0v) is 10.9. The summed E-state index contributed by atoms with van der Waals surface area (Å²) in [5, 5.41) is 3.19. The van der Waals surface area contributed by atoms with E-state index in [-0.39, 0.29) is 0 Å². The van der Waals surface area contributed by atoms with Gasteiger partial charge in [-0.3, -0.25) is 0 Å². The van der Waals surface area contributed by atoms with Crippen molar-refractivity contribution >= 4 is 22.9 Å². The Hall–Kier alpha value is -0.120. The molecule has 0 amide bonds.